The quantitative estimate of drug-likeness (QED) is 0.531. The Morgan fingerprint density at radius 3 is 2.39 bits per heavy atom. The summed E-state index contributed by atoms with van der Waals surface area (Å²) in [7, 11) is 0. The van der Waals surface area contributed by atoms with Crippen LogP contribution in [0.15, 0.2) is 48.5 Å². The summed E-state index contributed by atoms with van der Waals surface area (Å²) in [5.41, 5.74) is -0.669. The molecular weight excluding hydrogens is 309 g/mol. The number of carbonyl (C=O) groups is 1. The number of hydrogen-bond acceptors (Lipinski definition) is 3. The van der Waals surface area contributed by atoms with Crippen molar-refractivity contribution in [2.45, 2.75) is 13.1 Å². The van der Waals surface area contributed by atoms with Crippen LogP contribution in [0, 0.1) is 0 Å². The van der Waals surface area contributed by atoms with Crippen LogP contribution in [-0.2, 0) is 6.18 Å². The van der Waals surface area contributed by atoms with Crippen LogP contribution in [0.25, 0.3) is 0 Å². The molecule has 0 aliphatic rings. The maximum Gasteiger partial charge on any atom is 0.416 e. The largest absolute Gasteiger partial charge is 0.494 e. The van der Waals surface area contributed by atoms with Crippen LogP contribution in [0.4, 0.5) is 18.9 Å². The van der Waals surface area contributed by atoms with E-state index >= 15 is 0 Å². The average molecular weight is 324 g/mol. The molecule has 4 nitrogen and oxygen atoms in total. The summed E-state index contributed by atoms with van der Waals surface area (Å²) in [6, 6.07) is 10.5. The number of hydrazine groups is 1. The molecule has 0 fully saturated rings. The second kappa shape index (κ2) is 6.70. The van der Waals surface area contributed by atoms with E-state index in [2.05, 4.69) is 0 Å². The molecule has 23 heavy (non-hydrogen) atoms. The summed E-state index contributed by atoms with van der Waals surface area (Å²) in [6.45, 7) is 2.31. The van der Waals surface area contributed by atoms with Gasteiger partial charge in [-0.3, -0.25) is 4.79 Å². The molecule has 0 atom stereocenters. The minimum atomic E-state index is -4.50. The monoisotopic (exact) mass is 324 g/mol. The molecule has 2 N–H and O–H groups in total. The SMILES string of the molecule is CCOc1ccc(C(=O)N(N)c2cccc(C(F)(F)F)c2)cc1. The smallest absolute Gasteiger partial charge is 0.416 e. The first-order valence-electron chi connectivity index (χ1n) is 6.82. The van der Waals surface area contributed by atoms with Gasteiger partial charge in [-0.2, -0.15) is 13.2 Å². The molecule has 0 bridgehead atoms. The van der Waals surface area contributed by atoms with Gasteiger partial charge in [0, 0.05) is 5.56 Å². The fourth-order valence-electron chi connectivity index (χ4n) is 1.95. The van der Waals surface area contributed by atoms with Crippen LogP contribution >= 0.6 is 0 Å². The number of hydrogen-bond donors (Lipinski definition) is 1. The van der Waals surface area contributed by atoms with Crippen molar-refractivity contribution in [3.63, 3.8) is 0 Å². The van der Waals surface area contributed by atoms with Crippen molar-refractivity contribution < 1.29 is 22.7 Å². The van der Waals surface area contributed by atoms with E-state index in [9.17, 15) is 18.0 Å². The fourth-order valence-corrected chi connectivity index (χ4v) is 1.95. The Hall–Kier alpha value is -2.54. The van der Waals surface area contributed by atoms with Crippen molar-refractivity contribution in [2.75, 3.05) is 11.6 Å². The average Bonchev–Trinajstić information content (AvgIpc) is 2.54. The summed E-state index contributed by atoms with van der Waals surface area (Å²) in [4.78, 5) is 12.3. The summed E-state index contributed by atoms with van der Waals surface area (Å²) >= 11 is 0. The highest BCUT2D eigenvalue weighted by atomic mass is 19.4. The second-order valence-electron chi connectivity index (χ2n) is 4.68. The highest BCUT2D eigenvalue weighted by Gasteiger charge is 2.31. The molecular formula is C16H15F3N2O2. The number of nitrogens with zero attached hydrogens (tertiary/aromatic N) is 1. The Morgan fingerprint density at radius 2 is 1.83 bits per heavy atom. The number of anilines is 1. The Bertz CT molecular complexity index is 684. The maximum atomic E-state index is 12.7. The van der Waals surface area contributed by atoms with Crippen molar-refractivity contribution >= 4 is 11.6 Å². The first-order valence-corrected chi connectivity index (χ1v) is 6.82. The van der Waals surface area contributed by atoms with Gasteiger partial charge in [-0.1, -0.05) is 6.07 Å². The molecule has 0 unspecified atom stereocenters. The van der Waals surface area contributed by atoms with Crippen LogP contribution in [0.1, 0.15) is 22.8 Å². The highest BCUT2D eigenvalue weighted by Crippen LogP contribution is 2.31. The number of carbonyl (C=O) groups excluding carboxylic acids is 1. The first-order chi connectivity index (χ1) is 10.8. The zero-order valence-electron chi connectivity index (χ0n) is 12.3. The number of halogens is 3. The van der Waals surface area contributed by atoms with Gasteiger partial charge in [0.05, 0.1) is 17.9 Å². The minimum Gasteiger partial charge on any atom is -0.494 e. The molecule has 0 aliphatic heterocycles. The molecule has 122 valence electrons. The lowest BCUT2D eigenvalue weighted by Gasteiger charge is -2.18. The summed E-state index contributed by atoms with van der Waals surface area (Å²) in [6.07, 6.45) is -4.50. The van der Waals surface area contributed by atoms with Crippen molar-refractivity contribution in [1.29, 1.82) is 0 Å². The molecule has 2 aromatic carbocycles. The van der Waals surface area contributed by atoms with Gasteiger partial charge in [-0.15, -0.1) is 0 Å². The molecule has 0 radical (unpaired) electrons. The number of alkyl halides is 3. The van der Waals surface area contributed by atoms with E-state index in [0.717, 1.165) is 12.1 Å². The number of amides is 1. The molecule has 0 saturated heterocycles. The van der Waals surface area contributed by atoms with Gasteiger partial charge in [0.1, 0.15) is 5.75 Å². The first kappa shape index (κ1) is 16.8. The number of rotatable bonds is 4. The van der Waals surface area contributed by atoms with Gasteiger partial charge in [-0.05, 0) is 49.4 Å². The molecule has 0 aromatic heterocycles. The molecule has 0 spiro atoms. The van der Waals surface area contributed by atoms with Crippen LogP contribution in [0.5, 0.6) is 5.75 Å². The van der Waals surface area contributed by atoms with Crippen molar-refractivity contribution in [2.24, 2.45) is 5.84 Å². The fraction of sp³-hybridized carbons (Fsp3) is 0.188. The Labute approximate surface area is 131 Å². The zero-order chi connectivity index (χ0) is 17.0. The third kappa shape index (κ3) is 4.01. The Balaban J connectivity index is 2.22. The van der Waals surface area contributed by atoms with Crippen LogP contribution < -0.4 is 15.6 Å². The topological polar surface area (TPSA) is 55.6 Å². The number of ether oxygens (including phenoxy) is 1. The minimum absolute atomic E-state index is 0.0429. The van der Waals surface area contributed by atoms with Gasteiger partial charge in [0.25, 0.3) is 5.91 Å². The van der Waals surface area contributed by atoms with E-state index in [4.69, 9.17) is 10.6 Å². The van der Waals surface area contributed by atoms with Crippen LogP contribution in [-0.4, -0.2) is 12.5 Å². The van der Waals surface area contributed by atoms with E-state index < -0.39 is 17.6 Å². The van der Waals surface area contributed by atoms with Crippen LogP contribution in [0.3, 0.4) is 0 Å². The van der Waals surface area contributed by atoms with Crippen molar-refractivity contribution in [1.82, 2.24) is 0 Å². The van der Waals surface area contributed by atoms with Gasteiger partial charge >= 0.3 is 6.18 Å². The maximum absolute atomic E-state index is 12.7. The molecule has 2 rings (SSSR count). The number of benzene rings is 2. The normalized spacial score (nSPS) is 11.2. The second-order valence-corrected chi connectivity index (χ2v) is 4.68. The highest BCUT2D eigenvalue weighted by molar-refractivity contribution is 6.05. The summed E-state index contributed by atoms with van der Waals surface area (Å²) < 4.78 is 43.4. The predicted molar refractivity (Wildman–Crippen MR) is 80.1 cm³/mol. The van der Waals surface area contributed by atoms with Gasteiger partial charge < -0.3 is 4.74 Å². The lowest BCUT2D eigenvalue weighted by atomic mass is 10.1. The van der Waals surface area contributed by atoms with E-state index in [1.807, 2.05) is 6.92 Å². The van der Waals surface area contributed by atoms with E-state index in [0.29, 0.717) is 17.4 Å². The van der Waals surface area contributed by atoms with E-state index in [-0.39, 0.29) is 11.3 Å². The lowest BCUT2D eigenvalue weighted by Crippen LogP contribution is -2.37. The number of nitrogens with two attached hydrogens (primary N) is 1. The molecule has 0 aliphatic carbocycles. The van der Waals surface area contributed by atoms with Gasteiger partial charge in [-0.25, -0.2) is 10.9 Å². The van der Waals surface area contributed by atoms with Gasteiger partial charge in [0.2, 0.25) is 0 Å². The summed E-state index contributed by atoms with van der Waals surface area (Å²) in [5, 5.41) is 0.685. The standard InChI is InChI=1S/C16H15F3N2O2/c1-2-23-14-8-6-11(7-9-14)15(22)21(20)13-5-3-4-12(10-13)16(17,18)19/h3-10H,2,20H2,1H3. The Kier molecular flexibility index (Phi) is 4.90. The molecule has 1 amide bonds. The zero-order valence-corrected chi connectivity index (χ0v) is 12.3. The predicted octanol–water partition coefficient (Wildman–Crippen LogP) is 3.62. The van der Waals surface area contributed by atoms with E-state index in [1.165, 1.54) is 24.3 Å². The lowest BCUT2D eigenvalue weighted by molar-refractivity contribution is -0.137. The molecule has 2 aromatic rings. The molecule has 0 saturated carbocycles. The molecule has 0 heterocycles. The van der Waals surface area contributed by atoms with Gasteiger partial charge in [0.15, 0.2) is 0 Å². The third-order valence-corrected chi connectivity index (χ3v) is 3.08. The van der Waals surface area contributed by atoms with Crippen molar-refractivity contribution in [3.8, 4) is 5.75 Å². The molecule has 7 heteroatoms. The van der Waals surface area contributed by atoms with Crippen LogP contribution in [0.2, 0.25) is 0 Å². The Morgan fingerprint density at radius 1 is 1.17 bits per heavy atom. The third-order valence-electron chi connectivity index (χ3n) is 3.08. The van der Waals surface area contributed by atoms with E-state index in [1.54, 1.807) is 12.1 Å². The van der Waals surface area contributed by atoms with Crippen molar-refractivity contribution in [3.05, 3.63) is 59.7 Å². The summed E-state index contributed by atoms with van der Waals surface area (Å²) in [5.74, 6) is 5.64.